The van der Waals surface area contributed by atoms with Crippen LogP contribution in [0.3, 0.4) is 0 Å². The van der Waals surface area contributed by atoms with Crippen molar-refractivity contribution in [2.75, 3.05) is 16.0 Å². The first-order chi connectivity index (χ1) is 22.3. The molecule has 1 aliphatic rings. The second-order valence-electron chi connectivity index (χ2n) is 9.44. The Bertz CT molecular complexity index is 1780. The molecule has 0 unspecified atom stereocenters. The topological polar surface area (TPSA) is 179 Å². The van der Waals surface area contributed by atoms with E-state index < -0.39 is 24.3 Å². The van der Waals surface area contributed by atoms with E-state index >= 15 is 0 Å². The predicted octanol–water partition coefficient (Wildman–Crippen LogP) is 6.99. The van der Waals surface area contributed by atoms with Crippen LogP contribution in [-0.4, -0.2) is 60.3 Å². The number of carboxylic acids is 2. The van der Waals surface area contributed by atoms with Gasteiger partial charge in [-0.05, 0) is 78.9 Å². The second kappa shape index (κ2) is 15.6. The Kier molecular flexibility index (Phi) is 12.1. The molecule has 0 atom stereocenters. The van der Waals surface area contributed by atoms with Crippen LogP contribution in [0.4, 0.5) is 55.2 Å². The molecule has 0 spiro atoms. The van der Waals surface area contributed by atoms with Gasteiger partial charge in [0.2, 0.25) is 11.2 Å². The van der Waals surface area contributed by atoms with Crippen LogP contribution in [0.15, 0.2) is 54.7 Å². The SMILES string of the molecule is Cc1cc(C(=O)Nc2ccc3cc2CCc2cccc(c2)Nc2ncc(Cl)c(n2)N3)nc(Cl)n1.O=C(O)C(F)(F)F.O=C(O)C(F)(F)F. The normalized spacial score (nSPS) is 12.0. The Morgan fingerprint density at radius 1 is 0.833 bits per heavy atom. The highest BCUT2D eigenvalue weighted by atomic mass is 35.5. The Labute approximate surface area is 276 Å². The largest absolute Gasteiger partial charge is 0.490 e. The van der Waals surface area contributed by atoms with Crippen LogP contribution in [-0.2, 0) is 22.4 Å². The van der Waals surface area contributed by atoms with Gasteiger partial charge in [0.15, 0.2) is 5.82 Å². The number of hydrogen-bond acceptors (Lipinski definition) is 9. The third kappa shape index (κ3) is 11.2. The summed E-state index contributed by atoms with van der Waals surface area (Å²) < 4.78 is 63.5. The molecule has 2 aromatic carbocycles. The highest BCUT2D eigenvalue weighted by Crippen LogP contribution is 2.30. The number of fused-ring (bicyclic) bond motifs is 6. The number of benzene rings is 2. The fourth-order valence-electron chi connectivity index (χ4n) is 3.70. The number of aliphatic carboxylic acids is 2. The molecular weight excluding hydrogens is 699 g/mol. The molecule has 1 amide bonds. The van der Waals surface area contributed by atoms with Crippen LogP contribution < -0.4 is 16.0 Å². The number of nitrogens with zero attached hydrogens (tertiary/aromatic N) is 4. The van der Waals surface area contributed by atoms with Crippen molar-refractivity contribution >= 4 is 69.9 Å². The van der Waals surface area contributed by atoms with Gasteiger partial charge in [0.1, 0.15) is 10.7 Å². The number of carboxylic acid groups (broad SMARTS) is 2. The molecule has 0 saturated heterocycles. The van der Waals surface area contributed by atoms with Crippen LogP contribution in [0.2, 0.25) is 10.3 Å². The van der Waals surface area contributed by atoms with Gasteiger partial charge >= 0.3 is 24.3 Å². The number of carbonyl (C=O) groups is 3. The van der Waals surface area contributed by atoms with Gasteiger partial charge in [-0.15, -0.1) is 0 Å². The molecule has 0 fully saturated rings. The highest BCUT2D eigenvalue weighted by Gasteiger charge is 2.38. The average Bonchev–Trinajstić information content (AvgIpc) is 2.98. The molecule has 4 aromatic rings. The number of hydrogen-bond donors (Lipinski definition) is 5. The van der Waals surface area contributed by atoms with E-state index in [4.69, 9.17) is 43.0 Å². The first-order valence-corrected chi connectivity index (χ1v) is 13.8. The minimum Gasteiger partial charge on any atom is -0.475 e. The summed E-state index contributed by atoms with van der Waals surface area (Å²) >= 11 is 12.3. The molecule has 254 valence electrons. The Hall–Kier alpha value is -5.23. The van der Waals surface area contributed by atoms with Crippen LogP contribution >= 0.6 is 23.2 Å². The molecule has 48 heavy (non-hydrogen) atoms. The zero-order valence-corrected chi connectivity index (χ0v) is 25.6. The molecule has 0 aliphatic carbocycles. The van der Waals surface area contributed by atoms with Crippen LogP contribution in [0.1, 0.15) is 27.3 Å². The maximum atomic E-state index is 12.9. The molecular formula is C28H21Cl2F6N7O5. The summed E-state index contributed by atoms with van der Waals surface area (Å²) in [5, 5.41) is 24.1. The molecule has 0 radical (unpaired) electrons. The van der Waals surface area contributed by atoms with E-state index in [2.05, 4.69) is 48.0 Å². The van der Waals surface area contributed by atoms with Crippen molar-refractivity contribution in [3.05, 3.63) is 87.5 Å². The fraction of sp³-hybridized carbons (Fsp3) is 0.179. The van der Waals surface area contributed by atoms with E-state index in [1.807, 2.05) is 30.3 Å². The number of anilines is 5. The summed E-state index contributed by atoms with van der Waals surface area (Å²) in [7, 11) is 0. The molecule has 3 heterocycles. The van der Waals surface area contributed by atoms with Crippen molar-refractivity contribution in [1.29, 1.82) is 0 Å². The van der Waals surface area contributed by atoms with Crippen molar-refractivity contribution in [3.63, 3.8) is 0 Å². The Morgan fingerprint density at radius 2 is 1.46 bits per heavy atom. The summed E-state index contributed by atoms with van der Waals surface area (Å²) in [6.45, 7) is 1.76. The number of aryl methyl sites for hydroxylation is 3. The lowest BCUT2D eigenvalue weighted by molar-refractivity contribution is -0.193. The number of nitrogens with one attached hydrogen (secondary N) is 3. The van der Waals surface area contributed by atoms with E-state index in [9.17, 15) is 31.1 Å². The quantitative estimate of drug-likeness (QED) is 0.107. The van der Waals surface area contributed by atoms with Gasteiger partial charge in [-0.25, -0.2) is 24.5 Å². The van der Waals surface area contributed by atoms with Crippen molar-refractivity contribution in [3.8, 4) is 0 Å². The standard InChI is InChI=1S/C24H19Cl2N7O.2C2HF3O2/c1-13-9-20(32-23(26)28-13)22(34)31-19-8-7-17-11-15(19)6-5-14-3-2-4-16(10-14)30-24-27-12-18(25)21(29-17)33-24;2*3-2(4,5)1(6)7/h2-4,7-12H,5-6H2,1H3,(H,31,34)(H2,27,29,30,33);2*(H,6,7). The minimum atomic E-state index is -5.08. The van der Waals surface area contributed by atoms with Gasteiger partial charge in [-0.3, -0.25) is 4.79 Å². The van der Waals surface area contributed by atoms with E-state index in [0.717, 1.165) is 28.9 Å². The summed E-state index contributed by atoms with van der Waals surface area (Å²) in [5.41, 5.74) is 5.24. The average molecular weight is 720 g/mol. The lowest BCUT2D eigenvalue weighted by atomic mass is 10.0. The first kappa shape index (κ1) is 37.2. The molecule has 2 aromatic heterocycles. The molecule has 0 saturated carbocycles. The summed E-state index contributed by atoms with van der Waals surface area (Å²) in [6, 6.07) is 15.3. The zero-order valence-electron chi connectivity index (χ0n) is 24.0. The second-order valence-corrected chi connectivity index (χ2v) is 10.2. The summed E-state index contributed by atoms with van der Waals surface area (Å²) in [5.74, 6) is -4.96. The van der Waals surface area contributed by atoms with Gasteiger partial charge in [0, 0.05) is 22.8 Å². The van der Waals surface area contributed by atoms with Crippen molar-refractivity contribution < 1.29 is 50.9 Å². The van der Waals surface area contributed by atoms with E-state index in [1.54, 1.807) is 19.2 Å². The Balaban J connectivity index is 0.000000376. The first-order valence-electron chi connectivity index (χ1n) is 13.0. The summed E-state index contributed by atoms with van der Waals surface area (Å²) in [6.07, 6.45) is -7.17. The highest BCUT2D eigenvalue weighted by molar-refractivity contribution is 6.33. The third-order valence-corrected chi connectivity index (χ3v) is 6.22. The van der Waals surface area contributed by atoms with Gasteiger partial charge in [-0.1, -0.05) is 23.7 Å². The molecule has 6 bridgehead atoms. The van der Waals surface area contributed by atoms with Crippen LogP contribution in [0, 0.1) is 6.92 Å². The fourth-order valence-corrected chi connectivity index (χ4v) is 4.06. The number of rotatable bonds is 2. The monoisotopic (exact) mass is 719 g/mol. The predicted molar refractivity (Wildman–Crippen MR) is 161 cm³/mol. The maximum absolute atomic E-state index is 12.9. The lowest BCUT2D eigenvalue weighted by Crippen LogP contribution is -2.21. The molecule has 5 N–H and O–H groups in total. The molecule has 5 rings (SSSR count). The Morgan fingerprint density at radius 3 is 2.06 bits per heavy atom. The number of alkyl halides is 6. The minimum absolute atomic E-state index is 0.0324. The van der Waals surface area contributed by atoms with Crippen LogP contribution in [0.5, 0.6) is 0 Å². The number of carbonyl (C=O) groups excluding carboxylic acids is 1. The van der Waals surface area contributed by atoms with Crippen molar-refractivity contribution in [2.45, 2.75) is 32.1 Å². The number of amides is 1. The molecule has 1 aliphatic heterocycles. The maximum Gasteiger partial charge on any atom is 0.490 e. The van der Waals surface area contributed by atoms with E-state index in [-0.39, 0.29) is 16.9 Å². The van der Waals surface area contributed by atoms with Crippen molar-refractivity contribution in [2.24, 2.45) is 0 Å². The lowest BCUT2D eigenvalue weighted by Gasteiger charge is -2.14. The van der Waals surface area contributed by atoms with Gasteiger partial charge in [0.25, 0.3) is 5.91 Å². The van der Waals surface area contributed by atoms with Gasteiger partial charge < -0.3 is 26.2 Å². The third-order valence-electron chi connectivity index (χ3n) is 5.77. The smallest absolute Gasteiger partial charge is 0.475 e. The van der Waals surface area contributed by atoms with Crippen LogP contribution in [0.25, 0.3) is 0 Å². The number of aromatic nitrogens is 4. The molecule has 12 nitrogen and oxygen atoms in total. The van der Waals surface area contributed by atoms with Crippen molar-refractivity contribution in [1.82, 2.24) is 19.9 Å². The number of halogens is 8. The van der Waals surface area contributed by atoms with E-state index in [0.29, 0.717) is 34.6 Å². The van der Waals surface area contributed by atoms with Gasteiger partial charge in [0.05, 0.1) is 6.20 Å². The zero-order chi connectivity index (χ0) is 35.8. The molecule has 20 heteroatoms. The van der Waals surface area contributed by atoms with E-state index in [1.165, 1.54) is 0 Å². The summed E-state index contributed by atoms with van der Waals surface area (Å²) in [4.78, 5) is 47.5. The van der Waals surface area contributed by atoms with Gasteiger partial charge in [-0.2, -0.15) is 31.3 Å².